The van der Waals surface area contributed by atoms with Crippen molar-refractivity contribution >= 4 is 5.97 Å². The second kappa shape index (κ2) is 6.13. The predicted octanol–water partition coefficient (Wildman–Crippen LogP) is 2.17. The summed E-state index contributed by atoms with van der Waals surface area (Å²) in [6.07, 6.45) is 2.49. The van der Waals surface area contributed by atoms with Gasteiger partial charge in [-0.05, 0) is 24.8 Å². The molecule has 1 aromatic heterocycles. The van der Waals surface area contributed by atoms with Crippen molar-refractivity contribution in [2.45, 2.75) is 32.7 Å². The van der Waals surface area contributed by atoms with Crippen molar-refractivity contribution in [1.82, 2.24) is 15.0 Å². The summed E-state index contributed by atoms with van der Waals surface area (Å²) in [4.78, 5) is 11.0. The number of nitrogens with zero attached hydrogens (tertiary/aromatic N) is 3. The van der Waals surface area contributed by atoms with Gasteiger partial charge in [-0.1, -0.05) is 42.5 Å². The van der Waals surface area contributed by atoms with Gasteiger partial charge < -0.3 is 5.11 Å². The Balaban J connectivity index is 1.98. The second-order valence-electron chi connectivity index (χ2n) is 4.36. The number of hydrogen-bond donors (Lipinski definition) is 1. The van der Waals surface area contributed by atoms with Gasteiger partial charge in [0.1, 0.15) is 0 Å². The Morgan fingerprint density at radius 2 is 2.05 bits per heavy atom. The van der Waals surface area contributed by atoms with Crippen LogP contribution in [0.15, 0.2) is 30.3 Å². The average molecular weight is 259 g/mol. The molecule has 0 saturated heterocycles. The highest BCUT2D eigenvalue weighted by Crippen LogP contribution is 2.09. The first-order chi connectivity index (χ1) is 9.22. The molecule has 1 N–H and O–H groups in total. The van der Waals surface area contributed by atoms with E-state index >= 15 is 0 Å². The fourth-order valence-electron chi connectivity index (χ4n) is 2.11. The van der Waals surface area contributed by atoms with Crippen LogP contribution in [-0.2, 0) is 19.4 Å². The van der Waals surface area contributed by atoms with Crippen molar-refractivity contribution in [2.24, 2.45) is 0 Å². The SMILES string of the molecule is CCc1c(C(=O)O)nnn1CCCc1ccccc1. The average Bonchev–Trinajstić information content (AvgIpc) is 2.83. The molecule has 0 spiro atoms. The van der Waals surface area contributed by atoms with Gasteiger partial charge >= 0.3 is 5.97 Å². The van der Waals surface area contributed by atoms with Crippen LogP contribution in [0.2, 0.25) is 0 Å². The predicted molar refractivity (Wildman–Crippen MR) is 71.1 cm³/mol. The number of benzene rings is 1. The number of aromatic nitrogens is 3. The lowest BCUT2D eigenvalue weighted by Gasteiger charge is -2.05. The van der Waals surface area contributed by atoms with Gasteiger partial charge in [0.05, 0.1) is 5.69 Å². The van der Waals surface area contributed by atoms with E-state index in [-0.39, 0.29) is 5.69 Å². The van der Waals surface area contributed by atoms with Crippen molar-refractivity contribution in [3.05, 3.63) is 47.3 Å². The quantitative estimate of drug-likeness (QED) is 0.863. The van der Waals surface area contributed by atoms with Crippen LogP contribution < -0.4 is 0 Å². The van der Waals surface area contributed by atoms with Crippen molar-refractivity contribution in [1.29, 1.82) is 0 Å². The van der Waals surface area contributed by atoms with Gasteiger partial charge in [0, 0.05) is 6.54 Å². The minimum Gasteiger partial charge on any atom is -0.476 e. The molecule has 100 valence electrons. The molecular formula is C14H17N3O2. The summed E-state index contributed by atoms with van der Waals surface area (Å²) < 4.78 is 1.70. The van der Waals surface area contributed by atoms with Crippen LogP contribution in [0, 0.1) is 0 Å². The number of rotatable bonds is 6. The van der Waals surface area contributed by atoms with Crippen molar-refractivity contribution in [3.63, 3.8) is 0 Å². The van der Waals surface area contributed by atoms with Crippen molar-refractivity contribution < 1.29 is 9.90 Å². The number of aromatic carboxylic acids is 1. The zero-order valence-electron chi connectivity index (χ0n) is 10.9. The maximum Gasteiger partial charge on any atom is 0.358 e. The Bertz CT molecular complexity index is 549. The van der Waals surface area contributed by atoms with Crippen LogP contribution >= 0.6 is 0 Å². The van der Waals surface area contributed by atoms with E-state index in [1.807, 2.05) is 25.1 Å². The summed E-state index contributed by atoms with van der Waals surface area (Å²) in [6.45, 7) is 2.61. The molecule has 1 heterocycles. The highest BCUT2D eigenvalue weighted by atomic mass is 16.4. The first-order valence-corrected chi connectivity index (χ1v) is 6.42. The van der Waals surface area contributed by atoms with Crippen LogP contribution in [0.4, 0.5) is 0 Å². The van der Waals surface area contributed by atoms with Crippen LogP contribution in [0.25, 0.3) is 0 Å². The number of hydrogen-bond acceptors (Lipinski definition) is 3. The minimum absolute atomic E-state index is 0.0715. The monoisotopic (exact) mass is 259 g/mol. The highest BCUT2D eigenvalue weighted by Gasteiger charge is 2.16. The van der Waals surface area contributed by atoms with Crippen molar-refractivity contribution in [3.8, 4) is 0 Å². The molecule has 0 atom stereocenters. The molecule has 2 rings (SSSR count). The summed E-state index contributed by atoms with van der Waals surface area (Å²) >= 11 is 0. The lowest BCUT2D eigenvalue weighted by atomic mass is 10.1. The third-order valence-electron chi connectivity index (χ3n) is 3.05. The minimum atomic E-state index is -1.01. The van der Waals surface area contributed by atoms with Gasteiger partial charge in [-0.3, -0.25) is 0 Å². The van der Waals surface area contributed by atoms with E-state index in [2.05, 4.69) is 22.4 Å². The van der Waals surface area contributed by atoms with E-state index in [1.165, 1.54) is 5.56 Å². The largest absolute Gasteiger partial charge is 0.476 e. The molecule has 0 radical (unpaired) electrons. The third-order valence-corrected chi connectivity index (χ3v) is 3.05. The summed E-state index contributed by atoms with van der Waals surface area (Å²) in [6, 6.07) is 10.2. The Morgan fingerprint density at radius 3 is 2.68 bits per heavy atom. The van der Waals surface area contributed by atoms with Crippen LogP contribution in [0.3, 0.4) is 0 Å². The Hall–Kier alpha value is -2.17. The van der Waals surface area contributed by atoms with Gasteiger partial charge in [0.2, 0.25) is 0 Å². The van der Waals surface area contributed by atoms with Gasteiger partial charge in [-0.15, -0.1) is 5.10 Å². The molecule has 0 aliphatic carbocycles. The Morgan fingerprint density at radius 1 is 1.32 bits per heavy atom. The van der Waals surface area contributed by atoms with E-state index in [4.69, 9.17) is 5.11 Å². The normalized spacial score (nSPS) is 10.6. The number of aryl methyl sites for hydroxylation is 2. The van der Waals surface area contributed by atoms with E-state index in [9.17, 15) is 4.79 Å². The van der Waals surface area contributed by atoms with Gasteiger partial charge in [-0.25, -0.2) is 9.48 Å². The number of carbonyl (C=O) groups is 1. The fourth-order valence-corrected chi connectivity index (χ4v) is 2.11. The molecule has 2 aromatic rings. The molecule has 19 heavy (non-hydrogen) atoms. The number of carboxylic acids is 1. The topological polar surface area (TPSA) is 68.0 Å². The van der Waals surface area contributed by atoms with E-state index < -0.39 is 5.97 Å². The standard InChI is InChI=1S/C14H17N3O2/c1-2-12-13(14(18)19)15-16-17(12)10-6-9-11-7-4-3-5-8-11/h3-5,7-8H,2,6,9-10H2,1H3,(H,18,19). The molecule has 5 nitrogen and oxygen atoms in total. The lowest BCUT2D eigenvalue weighted by molar-refractivity contribution is 0.0689. The molecule has 0 aliphatic heterocycles. The molecule has 0 fully saturated rings. The van der Waals surface area contributed by atoms with Gasteiger partial charge in [-0.2, -0.15) is 0 Å². The highest BCUT2D eigenvalue weighted by molar-refractivity contribution is 5.86. The first-order valence-electron chi connectivity index (χ1n) is 6.42. The third kappa shape index (κ3) is 3.19. The number of carboxylic acid groups (broad SMARTS) is 1. The summed E-state index contributed by atoms with van der Waals surface area (Å²) in [7, 11) is 0. The lowest BCUT2D eigenvalue weighted by Crippen LogP contribution is -2.08. The van der Waals surface area contributed by atoms with E-state index in [0.29, 0.717) is 18.7 Å². The van der Waals surface area contributed by atoms with Crippen LogP contribution in [0.1, 0.15) is 35.1 Å². The first kappa shape index (κ1) is 13.3. The molecule has 5 heteroatoms. The van der Waals surface area contributed by atoms with Crippen LogP contribution in [0.5, 0.6) is 0 Å². The van der Waals surface area contributed by atoms with E-state index in [0.717, 1.165) is 12.8 Å². The summed E-state index contributed by atoms with van der Waals surface area (Å²) in [5, 5.41) is 16.6. The molecule has 0 saturated carbocycles. The maximum atomic E-state index is 11.0. The zero-order valence-corrected chi connectivity index (χ0v) is 10.9. The van der Waals surface area contributed by atoms with Crippen molar-refractivity contribution in [2.75, 3.05) is 0 Å². The summed E-state index contributed by atoms with van der Waals surface area (Å²) in [5.74, 6) is -1.01. The Labute approximate surface area is 111 Å². The molecule has 0 unspecified atom stereocenters. The maximum absolute atomic E-state index is 11.0. The Kier molecular flexibility index (Phi) is 4.28. The van der Waals surface area contributed by atoms with Gasteiger partial charge in [0.25, 0.3) is 0 Å². The summed E-state index contributed by atoms with van der Waals surface area (Å²) in [5.41, 5.74) is 2.04. The van der Waals surface area contributed by atoms with Gasteiger partial charge in [0.15, 0.2) is 5.69 Å². The molecule has 0 aliphatic rings. The molecule has 0 amide bonds. The fraction of sp³-hybridized carbons (Fsp3) is 0.357. The molecule has 0 bridgehead atoms. The van der Waals surface area contributed by atoms with Crippen LogP contribution in [-0.4, -0.2) is 26.1 Å². The second-order valence-corrected chi connectivity index (χ2v) is 4.36. The van der Waals surface area contributed by atoms with E-state index in [1.54, 1.807) is 4.68 Å². The zero-order chi connectivity index (χ0) is 13.7. The molecular weight excluding hydrogens is 242 g/mol. The molecule has 1 aromatic carbocycles. The smallest absolute Gasteiger partial charge is 0.358 e.